The summed E-state index contributed by atoms with van der Waals surface area (Å²) in [6, 6.07) is 16.9. The number of para-hydroxylation sites is 1. The van der Waals surface area contributed by atoms with E-state index in [1.54, 1.807) is 0 Å². The van der Waals surface area contributed by atoms with E-state index in [9.17, 15) is 0 Å². The van der Waals surface area contributed by atoms with Crippen LogP contribution in [0.5, 0.6) is 0 Å². The Balaban J connectivity index is 1.94. The van der Waals surface area contributed by atoms with Gasteiger partial charge in [-0.2, -0.15) is 0 Å². The zero-order valence-electron chi connectivity index (χ0n) is 12.5. The summed E-state index contributed by atoms with van der Waals surface area (Å²) >= 11 is 0. The van der Waals surface area contributed by atoms with Gasteiger partial charge in [-0.15, -0.1) is 0 Å². The minimum Gasteiger partial charge on any atom is -0.324 e. The maximum atomic E-state index is 6.44. The van der Waals surface area contributed by atoms with Gasteiger partial charge in [-0.1, -0.05) is 47.5 Å². The minimum absolute atomic E-state index is 0.00871. The number of nitrogens with zero attached hydrogens (tertiary/aromatic N) is 1. The molecule has 0 saturated heterocycles. The Morgan fingerprint density at radius 2 is 1.71 bits per heavy atom. The van der Waals surface area contributed by atoms with Crippen LogP contribution >= 0.6 is 0 Å². The quantitative estimate of drug-likeness (QED) is 0.782. The van der Waals surface area contributed by atoms with Gasteiger partial charge in [0, 0.05) is 17.6 Å². The number of aryl methyl sites for hydroxylation is 2. The number of nitrogens with two attached hydrogens (primary N) is 1. The van der Waals surface area contributed by atoms with E-state index in [2.05, 4.69) is 55.2 Å². The van der Waals surface area contributed by atoms with Crippen LogP contribution in [0.4, 0.5) is 0 Å². The molecule has 106 valence electrons. The van der Waals surface area contributed by atoms with Gasteiger partial charge < -0.3 is 5.73 Å². The molecule has 0 spiro atoms. The molecular weight excluding hydrogens is 256 g/mol. The molecule has 21 heavy (non-hydrogen) atoms. The largest absolute Gasteiger partial charge is 0.324 e. The zero-order valence-corrected chi connectivity index (χ0v) is 12.5. The summed E-state index contributed by atoms with van der Waals surface area (Å²) in [5.41, 5.74) is 12.5. The fourth-order valence-electron chi connectivity index (χ4n) is 2.91. The van der Waals surface area contributed by atoms with Crippen molar-refractivity contribution in [1.29, 1.82) is 0 Å². The normalized spacial score (nSPS) is 12.5. The van der Waals surface area contributed by atoms with E-state index >= 15 is 0 Å². The second-order valence-electron chi connectivity index (χ2n) is 5.72. The number of pyridine rings is 1. The fraction of sp³-hybridized carbons (Fsp3) is 0.211. The van der Waals surface area contributed by atoms with Crippen molar-refractivity contribution >= 4 is 10.9 Å². The Bertz CT molecular complexity index is 752. The van der Waals surface area contributed by atoms with Crippen molar-refractivity contribution < 1.29 is 0 Å². The highest BCUT2D eigenvalue weighted by Gasteiger charge is 2.10. The van der Waals surface area contributed by atoms with Crippen molar-refractivity contribution in [3.8, 4) is 0 Å². The third-order valence-corrected chi connectivity index (χ3v) is 3.85. The lowest BCUT2D eigenvalue weighted by Gasteiger charge is -2.15. The van der Waals surface area contributed by atoms with Gasteiger partial charge >= 0.3 is 0 Å². The summed E-state index contributed by atoms with van der Waals surface area (Å²) < 4.78 is 0. The predicted octanol–water partition coefficient (Wildman–Crippen LogP) is 4.09. The maximum absolute atomic E-state index is 6.44. The maximum Gasteiger partial charge on any atom is 0.0704 e. The highest BCUT2D eigenvalue weighted by atomic mass is 14.7. The average Bonchev–Trinajstić information content (AvgIpc) is 2.46. The lowest BCUT2D eigenvalue weighted by Crippen LogP contribution is -2.14. The summed E-state index contributed by atoms with van der Waals surface area (Å²) in [6.45, 7) is 4.23. The van der Waals surface area contributed by atoms with Gasteiger partial charge in [0.05, 0.1) is 5.52 Å². The molecule has 2 aromatic carbocycles. The summed E-state index contributed by atoms with van der Waals surface area (Å²) in [5.74, 6) is 0. The molecule has 3 rings (SSSR count). The predicted molar refractivity (Wildman–Crippen MR) is 88.3 cm³/mol. The molecule has 0 aliphatic rings. The van der Waals surface area contributed by atoms with Crippen molar-refractivity contribution in [1.82, 2.24) is 4.98 Å². The molecule has 0 fully saturated rings. The molecular formula is C19H20N2. The second kappa shape index (κ2) is 5.66. The van der Waals surface area contributed by atoms with Crippen LogP contribution in [0.3, 0.4) is 0 Å². The van der Waals surface area contributed by atoms with Crippen molar-refractivity contribution in [2.24, 2.45) is 5.73 Å². The lowest BCUT2D eigenvalue weighted by atomic mass is 9.95. The molecule has 1 heterocycles. The first kappa shape index (κ1) is 13.8. The van der Waals surface area contributed by atoms with Crippen LogP contribution in [0.15, 0.2) is 54.7 Å². The SMILES string of the molecule is Cc1cc(C)cc(C(N)Cc2ccnc3ccccc23)c1. The van der Waals surface area contributed by atoms with Crippen molar-refractivity contribution in [3.63, 3.8) is 0 Å². The number of fused-ring (bicyclic) bond motifs is 1. The Morgan fingerprint density at radius 3 is 2.48 bits per heavy atom. The first-order chi connectivity index (χ1) is 10.1. The highest BCUT2D eigenvalue weighted by Crippen LogP contribution is 2.23. The Hall–Kier alpha value is -2.19. The molecule has 0 saturated carbocycles. The van der Waals surface area contributed by atoms with E-state index in [1.807, 2.05) is 18.3 Å². The summed E-state index contributed by atoms with van der Waals surface area (Å²) in [6.07, 6.45) is 2.69. The molecule has 2 heteroatoms. The van der Waals surface area contributed by atoms with Crippen LogP contribution in [-0.4, -0.2) is 4.98 Å². The molecule has 3 aromatic rings. The second-order valence-corrected chi connectivity index (χ2v) is 5.72. The summed E-state index contributed by atoms with van der Waals surface area (Å²) in [5, 5.41) is 1.19. The number of aromatic nitrogens is 1. The smallest absolute Gasteiger partial charge is 0.0704 e. The number of hydrogen-bond donors (Lipinski definition) is 1. The Kier molecular flexibility index (Phi) is 3.72. The third kappa shape index (κ3) is 2.96. The molecule has 0 aliphatic heterocycles. The molecule has 1 unspecified atom stereocenters. The third-order valence-electron chi connectivity index (χ3n) is 3.85. The molecule has 0 radical (unpaired) electrons. The van der Waals surface area contributed by atoms with Gasteiger partial charge in [-0.25, -0.2) is 0 Å². The van der Waals surface area contributed by atoms with Crippen LogP contribution in [0.25, 0.3) is 10.9 Å². The summed E-state index contributed by atoms with van der Waals surface area (Å²) in [4.78, 5) is 4.41. The van der Waals surface area contributed by atoms with Gasteiger partial charge in [0.1, 0.15) is 0 Å². The Morgan fingerprint density at radius 1 is 1.00 bits per heavy atom. The zero-order chi connectivity index (χ0) is 14.8. The highest BCUT2D eigenvalue weighted by molar-refractivity contribution is 5.81. The van der Waals surface area contributed by atoms with E-state index in [0.29, 0.717) is 0 Å². The van der Waals surface area contributed by atoms with Gasteiger partial charge in [0.15, 0.2) is 0 Å². The van der Waals surface area contributed by atoms with Crippen molar-refractivity contribution in [2.75, 3.05) is 0 Å². The first-order valence-electron chi connectivity index (χ1n) is 7.30. The van der Waals surface area contributed by atoms with Crippen LogP contribution in [0.2, 0.25) is 0 Å². The van der Waals surface area contributed by atoms with Gasteiger partial charge in [-0.3, -0.25) is 4.98 Å². The van der Waals surface area contributed by atoms with Crippen molar-refractivity contribution in [2.45, 2.75) is 26.3 Å². The molecule has 1 aromatic heterocycles. The molecule has 0 aliphatic carbocycles. The van der Waals surface area contributed by atoms with Crippen LogP contribution in [0, 0.1) is 13.8 Å². The van der Waals surface area contributed by atoms with E-state index in [-0.39, 0.29) is 6.04 Å². The number of rotatable bonds is 3. The standard InChI is InChI=1S/C19H20N2/c1-13-9-14(2)11-16(10-13)18(20)12-15-7-8-21-19-6-4-3-5-17(15)19/h3-11,18H,12,20H2,1-2H3. The summed E-state index contributed by atoms with van der Waals surface area (Å²) in [7, 11) is 0. The first-order valence-corrected chi connectivity index (χ1v) is 7.30. The molecule has 1 atom stereocenters. The van der Waals surface area contributed by atoms with E-state index in [4.69, 9.17) is 5.73 Å². The van der Waals surface area contributed by atoms with Crippen LogP contribution in [-0.2, 0) is 6.42 Å². The number of benzene rings is 2. The fourth-order valence-corrected chi connectivity index (χ4v) is 2.91. The van der Waals surface area contributed by atoms with Crippen molar-refractivity contribution in [3.05, 3.63) is 77.0 Å². The van der Waals surface area contributed by atoms with Gasteiger partial charge in [-0.05, 0) is 43.5 Å². The monoisotopic (exact) mass is 276 g/mol. The van der Waals surface area contributed by atoms with E-state index < -0.39 is 0 Å². The molecule has 0 bridgehead atoms. The molecule has 2 nitrogen and oxygen atoms in total. The molecule has 0 amide bonds. The Labute approximate surface area is 125 Å². The van der Waals surface area contributed by atoms with Gasteiger partial charge in [0.25, 0.3) is 0 Å². The van der Waals surface area contributed by atoms with Crippen LogP contribution in [0.1, 0.15) is 28.3 Å². The minimum atomic E-state index is 0.00871. The average molecular weight is 276 g/mol. The number of hydrogen-bond acceptors (Lipinski definition) is 2. The molecule has 2 N–H and O–H groups in total. The van der Waals surface area contributed by atoms with E-state index in [1.165, 1.54) is 27.6 Å². The van der Waals surface area contributed by atoms with Gasteiger partial charge in [0.2, 0.25) is 0 Å². The van der Waals surface area contributed by atoms with E-state index in [0.717, 1.165) is 11.9 Å². The lowest BCUT2D eigenvalue weighted by molar-refractivity contribution is 0.723. The topological polar surface area (TPSA) is 38.9 Å². The van der Waals surface area contributed by atoms with Crippen LogP contribution < -0.4 is 5.73 Å².